The molecule has 1 aromatic carbocycles. The van der Waals surface area contributed by atoms with Gasteiger partial charge in [-0.1, -0.05) is 20.3 Å². The Morgan fingerprint density at radius 1 is 1.38 bits per heavy atom. The highest BCUT2D eigenvalue weighted by Gasteiger charge is 2.04. The van der Waals surface area contributed by atoms with Crippen LogP contribution in [0.25, 0.3) is 0 Å². The van der Waals surface area contributed by atoms with Gasteiger partial charge in [-0.3, -0.25) is 0 Å². The van der Waals surface area contributed by atoms with Gasteiger partial charge in [0.05, 0.1) is 7.11 Å². The van der Waals surface area contributed by atoms with Crippen LogP contribution in [0.4, 0.5) is 5.69 Å². The molecular formula is C13H21NOS. The fourth-order valence-electron chi connectivity index (χ4n) is 1.48. The van der Waals surface area contributed by atoms with Crippen molar-refractivity contribution in [1.29, 1.82) is 0 Å². The number of anilines is 1. The average Bonchev–Trinajstić information content (AvgIpc) is 2.25. The molecular weight excluding hydrogens is 218 g/mol. The lowest BCUT2D eigenvalue weighted by Crippen LogP contribution is -1.92. The summed E-state index contributed by atoms with van der Waals surface area (Å²) in [6.45, 7) is 4.52. The first-order valence-electron chi connectivity index (χ1n) is 5.69. The van der Waals surface area contributed by atoms with Gasteiger partial charge < -0.3 is 10.5 Å². The topological polar surface area (TPSA) is 35.2 Å². The van der Waals surface area contributed by atoms with E-state index in [1.807, 2.05) is 30.0 Å². The molecule has 0 atom stereocenters. The zero-order valence-electron chi connectivity index (χ0n) is 10.3. The fraction of sp³-hybridized carbons (Fsp3) is 0.538. The summed E-state index contributed by atoms with van der Waals surface area (Å²) in [7, 11) is 1.69. The minimum absolute atomic E-state index is 0.753. The van der Waals surface area contributed by atoms with Gasteiger partial charge in [-0.2, -0.15) is 0 Å². The summed E-state index contributed by atoms with van der Waals surface area (Å²) < 4.78 is 5.30. The third-order valence-electron chi connectivity index (χ3n) is 2.37. The number of hydrogen-bond acceptors (Lipinski definition) is 3. The Kier molecular flexibility index (Phi) is 5.53. The Morgan fingerprint density at radius 3 is 2.75 bits per heavy atom. The molecule has 2 nitrogen and oxygen atoms in total. The Bertz CT molecular complexity index is 326. The highest BCUT2D eigenvalue weighted by atomic mass is 32.2. The van der Waals surface area contributed by atoms with Crippen molar-refractivity contribution in [2.75, 3.05) is 18.6 Å². The van der Waals surface area contributed by atoms with Crippen molar-refractivity contribution in [2.45, 2.75) is 31.6 Å². The Hall–Kier alpha value is -0.830. The van der Waals surface area contributed by atoms with E-state index in [0.29, 0.717) is 0 Å². The van der Waals surface area contributed by atoms with Gasteiger partial charge in [0, 0.05) is 16.6 Å². The molecule has 0 radical (unpaired) electrons. The number of benzene rings is 1. The summed E-state index contributed by atoms with van der Waals surface area (Å²) in [6.07, 6.45) is 2.53. The molecule has 1 aromatic rings. The van der Waals surface area contributed by atoms with Gasteiger partial charge in [0.15, 0.2) is 0 Å². The first kappa shape index (κ1) is 13.2. The number of ether oxygens (including phenoxy) is 1. The van der Waals surface area contributed by atoms with Crippen molar-refractivity contribution in [1.82, 2.24) is 0 Å². The van der Waals surface area contributed by atoms with E-state index in [-0.39, 0.29) is 0 Å². The normalized spacial score (nSPS) is 10.8. The molecule has 0 fully saturated rings. The standard InChI is InChI=1S/C13H21NOS/c1-10(2)5-4-8-16-13-7-6-11(14)9-12(13)15-3/h6-7,9-10H,4-5,8,14H2,1-3H3. The van der Waals surface area contributed by atoms with Crippen LogP contribution < -0.4 is 10.5 Å². The van der Waals surface area contributed by atoms with Crippen LogP contribution in [0, 0.1) is 5.92 Å². The van der Waals surface area contributed by atoms with Crippen LogP contribution in [0.5, 0.6) is 5.75 Å². The van der Waals surface area contributed by atoms with Crippen LogP contribution in [-0.4, -0.2) is 12.9 Å². The summed E-state index contributed by atoms with van der Waals surface area (Å²) >= 11 is 1.84. The Labute approximate surface area is 103 Å². The van der Waals surface area contributed by atoms with Gasteiger partial charge in [-0.25, -0.2) is 0 Å². The summed E-state index contributed by atoms with van der Waals surface area (Å²) in [5.41, 5.74) is 6.46. The van der Waals surface area contributed by atoms with Gasteiger partial charge in [0.25, 0.3) is 0 Å². The molecule has 0 aliphatic heterocycles. The van der Waals surface area contributed by atoms with Crippen molar-refractivity contribution in [3.63, 3.8) is 0 Å². The van der Waals surface area contributed by atoms with Gasteiger partial charge in [-0.15, -0.1) is 11.8 Å². The SMILES string of the molecule is COc1cc(N)ccc1SCCCC(C)C. The molecule has 3 heteroatoms. The van der Waals surface area contributed by atoms with E-state index >= 15 is 0 Å². The second-order valence-electron chi connectivity index (χ2n) is 4.29. The zero-order chi connectivity index (χ0) is 12.0. The van der Waals surface area contributed by atoms with E-state index in [4.69, 9.17) is 10.5 Å². The summed E-state index contributed by atoms with van der Waals surface area (Å²) in [6, 6.07) is 5.84. The van der Waals surface area contributed by atoms with Gasteiger partial charge in [-0.05, 0) is 30.2 Å². The molecule has 16 heavy (non-hydrogen) atoms. The average molecular weight is 239 g/mol. The molecule has 0 amide bonds. The molecule has 0 heterocycles. The van der Waals surface area contributed by atoms with Crippen molar-refractivity contribution in [3.05, 3.63) is 18.2 Å². The molecule has 2 N–H and O–H groups in total. The molecule has 90 valence electrons. The fourth-order valence-corrected chi connectivity index (χ4v) is 2.46. The van der Waals surface area contributed by atoms with Crippen LogP contribution in [0.15, 0.2) is 23.1 Å². The van der Waals surface area contributed by atoms with Crippen LogP contribution in [0.3, 0.4) is 0 Å². The van der Waals surface area contributed by atoms with Crippen LogP contribution in [0.2, 0.25) is 0 Å². The van der Waals surface area contributed by atoms with E-state index < -0.39 is 0 Å². The van der Waals surface area contributed by atoms with E-state index in [1.54, 1.807) is 7.11 Å². The molecule has 0 aliphatic rings. The van der Waals surface area contributed by atoms with Crippen molar-refractivity contribution in [2.24, 2.45) is 5.92 Å². The number of nitrogens with two attached hydrogens (primary N) is 1. The number of nitrogen functional groups attached to an aromatic ring is 1. The van der Waals surface area contributed by atoms with Gasteiger partial charge in [0.1, 0.15) is 5.75 Å². The van der Waals surface area contributed by atoms with Crippen LogP contribution in [-0.2, 0) is 0 Å². The molecule has 0 spiro atoms. The number of hydrogen-bond donors (Lipinski definition) is 1. The Balaban J connectivity index is 2.47. The highest BCUT2D eigenvalue weighted by Crippen LogP contribution is 2.31. The van der Waals surface area contributed by atoms with Crippen molar-refractivity contribution < 1.29 is 4.74 Å². The minimum Gasteiger partial charge on any atom is -0.496 e. The third kappa shape index (κ3) is 4.35. The summed E-state index contributed by atoms with van der Waals surface area (Å²) in [5, 5.41) is 0. The monoisotopic (exact) mass is 239 g/mol. The largest absolute Gasteiger partial charge is 0.496 e. The Morgan fingerprint density at radius 2 is 2.12 bits per heavy atom. The van der Waals surface area contributed by atoms with Crippen LogP contribution >= 0.6 is 11.8 Å². The molecule has 0 bridgehead atoms. The van der Waals surface area contributed by atoms with Gasteiger partial charge >= 0.3 is 0 Å². The van der Waals surface area contributed by atoms with Gasteiger partial charge in [0.2, 0.25) is 0 Å². The van der Waals surface area contributed by atoms with E-state index in [2.05, 4.69) is 13.8 Å². The third-order valence-corrected chi connectivity index (χ3v) is 3.51. The second-order valence-corrected chi connectivity index (χ2v) is 5.43. The maximum absolute atomic E-state index is 5.71. The maximum Gasteiger partial charge on any atom is 0.134 e. The first-order valence-corrected chi connectivity index (χ1v) is 6.68. The molecule has 0 saturated heterocycles. The highest BCUT2D eigenvalue weighted by molar-refractivity contribution is 7.99. The predicted octanol–water partition coefficient (Wildman–Crippen LogP) is 3.81. The molecule has 1 rings (SSSR count). The summed E-state index contributed by atoms with van der Waals surface area (Å²) in [4.78, 5) is 1.18. The number of rotatable bonds is 6. The maximum atomic E-state index is 5.71. The lowest BCUT2D eigenvalue weighted by Gasteiger charge is -2.09. The first-order chi connectivity index (χ1) is 7.63. The van der Waals surface area contributed by atoms with Crippen LogP contribution in [0.1, 0.15) is 26.7 Å². The van der Waals surface area contributed by atoms with Crippen molar-refractivity contribution in [3.8, 4) is 5.75 Å². The molecule has 0 unspecified atom stereocenters. The number of thioether (sulfide) groups is 1. The van der Waals surface area contributed by atoms with E-state index in [9.17, 15) is 0 Å². The predicted molar refractivity (Wildman–Crippen MR) is 72.2 cm³/mol. The lowest BCUT2D eigenvalue weighted by atomic mass is 10.1. The minimum atomic E-state index is 0.753. The molecule has 0 aromatic heterocycles. The lowest BCUT2D eigenvalue weighted by molar-refractivity contribution is 0.405. The van der Waals surface area contributed by atoms with E-state index in [0.717, 1.165) is 23.1 Å². The van der Waals surface area contributed by atoms with Crippen molar-refractivity contribution >= 4 is 17.4 Å². The zero-order valence-corrected chi connectivity index (χ0v) is 11.1. The summed E-state index contributed by atoms with van der Waals surface area (Å²) in [5.74, 6) is 2.81. The quantitative estimate of drug-likeness (QED) is 0.466. The number of methoxy groups -OCH3 is 1. The molecule has 0 aliphatic carbocycles. The molecule has 0 saturated carbocycles. The smallest absolute Gasteiger partial charge is 0.134 e. The van der Waals surface area contributed by atoms with E-state index in [1.165, 1.54) is 17.7 Å². The second kappa shape index (κ2) is 6.69.